The first kappa shape index (κ1) is 15.9. The van der Waals surface area contributed by atoms with Gasteiger partial charge in [0, 0.05) is 48.7 Å². The Hall–Kier alpha value is -1.47. The van der Waals surface area contributed by atoms with Crippen LogP contribution in [0.25, 0.3) is 0 Å². The molecule has 6 nitrogen and oxygen atoms in total. The van der Waals surface area contributed by atoms with E-state index in [2.05, 4.69) is 21.2 Å². The Morgan fingerprint density at radius 1 is 1.48 bits per heavy atom. The van der Waals surface area contributed by atoms with Crippen molar-refractivity contribution in [1.82, 2.24) is 10.2 Å². The number of nitro benzene ring substituents is 1. The third-order valence-corrected chi connectivity index (χ3v) is 4.26. The maximum atomic E-state index is 11.3. The first-order valence-electron chi connectivity index (χ1n) is 6.89. The number of nitrogens with zero attached hydrogens (tertiary/aromatic N) is 2. The van der Waals surface area contributed by atoms with E-state index in [1.54, 1.807) is 13.0 Å². The number of hydrogen-bond donors (Lipinski definition) is 1. The molecular weight excluding hydrogens is 338 g/mol. The summed E-state index contributed by atoms with van der Waals surface area (Å²) in [6, 6.07) is 5.39. The first-order chi connectivity index (χ1) is 9.97. The summed E-state index contributed by atoms with van der Waals surface area (Å²) in [6.07, 6.45) is 1.76. The second-order valence-electron chi connectivity index (χ2n) is 5.19. The summed E-state index contributed by atoms with van der Waals surface area (Å²) in [5.74, 6) is 0.108. The Morgan fingerprint density at radius 3 is 2.71 bits per heavy atom. The van der Waals surface area contributed by atoms with Crippen molar-refractivity contribution in [3.05, 3.63) is 38.3 Å². The lowest BCUT2D eigenvalue weighted by atomic mass is 10.0. The molecule has 1 aliphatic heterocycles. The third-order valence-electron chi connectivity index (χ3n) is 3.77. The SMILES string of the molecule is CC(=O)N1CCC(NCc2ccc(Br)cc2[N+](=O)[O-])CC1. The van der Waals surface area contributed by atoms with Crippen LogP contribution in [0.1, 0.15) is 25.3 Å². The molecule has 1 aromatic rings. The van der Waals surface area contributed by atoms with Crippen molar-refractivity contribution in [3.63, 3.8) is 0 Å². The number of nitro groups is 1. The summed E-state index contributed by atoms with van der Waals surface area (Å²) in [6.45, 7) is 3.54. The van der Waals surface area contributed by atoms with Gasteiger partial charge in [-0.2, -0.15) is 0 Å². The van der Waals surface area contributed by atoms with Gasteiger partial charge in [-0.3, -0.25) is 14.9 Å². The van der Waals surface area contributed by atoms with Gasteiger partial charge in [-0.15, -0.1) is 0 Å². The number of hydrogen-bond acceptors (Lipinski definition) is 4. The summed E-state index contributed by atoms with van der Waals surface area (Å²) in [7, 11) is 0. The molecular formula is C14H18BrN3O3. The number of piperidine rings is 1. The van der Waals surface area contributed by atoms with E-state index in [0.717, 1.165) is 25.9 Å². The summed E-state index contributed by atoms with van der Waals surface area (Å²) < 4.78 is 0.702. The van der Waals surface area contributed by atoms with Crippen molar-refractivity contribution in [2.24, 2.45) is 0 Å². The van der Waals surface area contributed by atoms with Crippen LogP contribution in [-0.2, 0) is 11.3 Å². The van der Waals surface area contributed by atoms with E-state index < -0.39 is 0 Å². The molecule has 21 heavy (non-hydrogen) atoms. The van der Waals surface area contributed by atoms with E-state index in [9.17, 15) is 14.9 Å². The number of carbonyl (C=O) groups excluding carboxylic acids is 1. The monoisotopic (exact) mass is 355 g/mol. The molecule has 7 heteroatoms. The predicted molar refractivity (Wildman–Crippen MR) is 82.9 cm³/mol. The molecule has 1 N–H and O–H groups in total. The Labute approximate surface area is 131 Å². The summed E-state index contributed by atoms with van der Waals surface area (Å²) in [5.41, 5.74) is 0.801. The van der Waals surface area contributed by atoms with Crippen LogP contribution in [0.2, 0.25) is 0 Å². The largest absolute Gasteiger partial charge is 0.343 e. The fraction of sp³-hybridized carbons (Fsp3) is 0.500. The molecule has 0 unspecified atom stereocenters. The predicted octanol–water partition coefficient (Wildman–Crippen LogP) is 2.46. The van der Waals surface area contributed by atoms with Crippen molar-refractivity contribution >= 4 is 27.5 Å². The van der Waals surface area contributed by atoms with Crippen LogP contribution < -0.4 is 5.32 Å². The molecule has 1 heterocycles. The van der Waals surface area contributed by atoms with Crippen LogP contribution in [0.4, 0.5) is 5.69 Å². The van der Waals surface area contributed by atoms with Crippen molar-refractivity contribution in [1.29, 1.82) is 0 Å². The zero-order valence-electron chi connectivity index (χ0n) is 11.8. The molecule has 0 bridgehead atoms. The van der Waals surface area contributed by atoms with Crippen molar-refractivity contribution in [2.75, 3.05) is 13.1 Å². The van der Waals surface area contributed by atoms with Crippen LogP contribution in [0.15, 0.2) is 22.7 Å². The third kappa shape index (κ3) is 4.25. The van der Waals surface area contributed by atoms with Gasteiger partial charge in [0.25, 0.3) is 5.69 Å². The standard InChI is InChI=1S/C14H18BrN3O3/c1-10(19)17-6-4-13(5-7-17)16-9-11-2-3-12(15)8-14(11)18(20)21/h2-3,8,13,16H,4-7,9H2,1H3. The minimum Gasteiger partial charge on any atom is -0.343 e. The molecule has 0 aromatic heterocycles. The second kappa shape index (κ2) is 7.00. The first-order valence-corrected chi connectivity index (χ1v) is 7.68. The lowest BCUT2D eigenvalue weighted by molar-refractivity contribution is -0.385. The molecule has 0 saturated carbocycles. The van der Waals surface area contributed by atoms with Crippen molar-refractivity contribution in [2.45, 2.75) is 32.4 Å². The van der Waals surface area contributed by atoms with Crippen LogP contribution in [0.5, 0.6) is 0 Å². The molecule has 1 aromatic carbocycles. The number of amides is 1. The van der Waals surface area contributed by atoms with Crippen LogP contribution in [0.3, 0.4) is 0 Å². The van der Waals surface area contributed by atoms with Gasteiger partial charge in [0.1, 0.15) is 0 Å². The lowest BCUT2D eigenvalue weighted by Crippen LogP contribution is -2.44. The minimum absolute atomic E-state index is 0.108. The van der Waals surface area contributed by atoms with Gasteiger partial charge in [-0.05, 0) is 25.0 Å². The summed E-state index contributed by atoms with van der Waals surface area (Å²) in [4.78, 5) is 23.8. The zero-order valence-corrected chi connectivity index (χ0v) is 13.4. The average molecular weight is 356 g/mol. The van der Waals surface area contributed by atoms with Crippen molar-refractivity contribution < 1.29 is 9.72 Å². The Balaban J connectivity index is 1.92. The fourth-order valence-corrected chi connectivity index (χ4v) is 2.86. The number of halogens is 1. The van der Waals surface area contributed by atoms with E-state index in [1.165, 1.54) is 6.07 Å². The smallest absolute Gasteiger partial charge is 0.275 e. The summed E-state index contributed by atoms with van der Waals surface area (Å²) in [5, 5.41) is 14.4. The Kier molecular flexibility index (Phi) is 5.30. The van der Waals surface area contributed by atoms with E-state index in [-0.39, 0.29) is 16.5 Å². The number of rotatable bonds is 4. The molecule has 2 rings (SSSR count). The molecule has 0 atom stereocenters. The topological polar surface area (TPSA) is 75.5 Å². The van der Waals surface area contributed by atoms with Gasteiger partial charge in [0.15, 0.2) is 0 Å². The quantitative estimate of drug-likeness (QED) is 0.664. The van der Waals surface area contributed by atoms with Gasteiger partial charge in [-0.25, -0.2) is 0 Å². The molecule has 0 radical (unpaired) electrons. The van der Waals surface area contributed by atoms with Gasteiger partial charge in [0.2, 0.25) is 5.91 Å². The highest BCUT2D eigenvalue weighted by atomic mass is 79.9. The van der Waals surface area contributed by atoms with E-state index in [0.29, 0.717) is 22.6 Å². The summed E-state index contributed by atoms with van der Waals surface area (Å²) >= 11 is 3.25. The number of nitrogens with one attached hydrogen (secondary N) is 1. The zero-order chi connectivity index (χ0) is 15.4. The number of likely N-dealkylation sites (tertiary alicyclic amines) is 1. The fourth-order valence-electron chi connectivity index (χ4n) is 2.51. The van der Waals surface area contributed by atoms with E-state index in [4.69, 9.17) is 0 Å². The molecule has 1 saturated heterocycles. The van der Waals surface area contributed by atoms with E-state index in [1.807, 2.05) is 11.0 Å². The lowest BCUT2D eigenvalue weighted by Gasteiger charge is -2.31. The maximum absolute atomic E-state index is 11.3. The second-order valence-corrected chi connectivity index (χ2v) is 6.11. The minimum atomic E-state index is -0.361. The average Bonchev–Trinajstić information content (AvgIpc) is 2.46. The molecule has 1 fully saturated rings. The van der Waals surface area contributed by atoms with Gasteiger partial charge in [-0.1, -0.05) is 15.9 Å². The van der Waals surface area contributed by atoms with Gasteiger partial charge in [0.05, 0.1) is 4.92 Å². The maximum Gasteiger partial charge on any atom is 0.275 e. The molecule has 114 valence electrons. The molecule has 1 amide bonds. The van der Waals surface area contributed by atoms with Crippen molar-refractivity contribution in [3.8, 4) is 0 Å². The van der Waals surface area contributed by atoms with Gasteiger partial charge >= 0.3 is 0 Å². The van der Waals surface area contributed by atoms with Crippen LogP contribution in [-0.4, -0.2) is 34.9 Å². The highest BCUT2D eigenvalue weighted by Gasteiger charge is 2.21. The Bertz CT molecular complexity index is 542. The molecule has 0 aliphatic carbocycles. The molecule has 1 aliphatic rings. The normalized spacial score (nSPS) is 16.0. The van der Waals surface area contributed by atoms with E-state index >= 15 is 0 Å². The van der Waals surface area contributed by atoms with Crippen LogP contribution in [0, 0.1) is 10.1 Å². The van der Waals surface area contributed by atoms with Crippen LogP contribution >= 0.6 is 15.9 Å². The van der Waals surface area contributed by atoms with Gasteiger partial charge < -0.3 is 10.2 Å². The highest BCUT2D eigenvalue weighted by Crippen LogP contribution is 2.24. The molecule has 0 spiro atoms. The number of carbonyl (C=O) groups is 1. The Morgan fingerprint density at radius 2 is 2.14 bits per heavy atom. The number of benzene rings is 1. The highest BCUT2D eigenvalue weighted by molar-refractivity contribution is 9.10.